The van der Waals surface area contributed by atoms with Gasteiger partial charge in [-0.1, -0.05) is 0 Å². The first-order chi connectivity index (χ1) is 5.77. The van der Waals surface area contributed by atoms with E-state index in [2.05, 4.69) is 0 Å². The molecule has 0 unspecified atom stereocenters. The Morgan fingerprint density at radius 1 is 1.33 bits per heavy atom. The lowest BCUT2D eigenvalue weighted by molar-refractivity contribution is -0.120. The summed E-state index contributed by atoms with van der Waals surface area (Å²) in [5.41, 5.74) is 4.85. The maximum Gasteiger partial charge on any atom is 0.219 e. The minimum atomic E-state index is -0.400. The lowest BCUT2D eigenvalue weighted by Gasteiger charge is -2.02. The highest BCUT2D eigenvalue weighted by molar-refractivity contribution is 5.73. The van der Waals surface area contributed by atoms with Gasteiger partial charge in [-0.25, -0.2) is 0 Å². The number of nitrogens with two attached hydrogens (primary N) is 1. The molecule has 0 radical (unpaired) electrons. The number of amides is 1. The van der Waals surface area contributed by atoms with Crippen LogP contribution in [0.5, 0.6) is 0 Å². The highest BCUT2D eigenvalue weighted by atomic mass is 16.7. The van der Waals surface area contributed by atoms with Crippen molar-refractivity contribution >= 4 is 12.2 Å². The second-order valence-corrected chi connectivity index (χ2v) is 2.11. The van der Waals surface area contributed by atoms with Gasteiger partial charge in [0.25, 0.3) is 0 Å². The Hall–Kier alpha value is -0.940. The van der Waals surface area contributed by atoms with Gasteiger partial charge >= 0.3 is 0 Å². The molecule has 0 aromatic carbocycles. The van der Waals surface area contributed by atoms with Crippen LogP contribution in [0.25, 0.3) is 0 Å². The normalized spacial score (nSPS) is 9.67. The minimum Gasteiger partial charge on any atom is -0.370 e. The molecule has 0 heterocycles. The Bertz CT molecular complexity index is 137. The molecule has 0 aliphatic carbocycles. The van der Waals surface area contributed by atoms with Crippen molar-refractivity contribution in [1.29, 1.82) is 0 Å². The molecule has 5 nitrogen and oxygen atoms in total. The summed E-state index contributed by atoms with van der Waals surface area (Å²) in [6.45, 7) is 0.706. The Morgan fingerprint density at radius 3 is 2.58 bits per heavy atom. The van der Waals surface area contributed by atoms with Crippen LogP contribution in [0.1, 0.15) is 12.8 Å². The second-order valence-electron chi connectivity index (χ2n) is 2.11. The minimum absolute atomic E-state index is 0.0983. The molecule has 0 aromatic rings. The molecular weight excluding hydrogens is 162 g/mol. The van der Waals surface area contributed by atoms with Crippen molar-refractivity contribution in [2.75, 3.05) is 20.0 Å². The summed E-state index contributed by atoms with van der Waals surface area (Å²) >= 11 is 0. The molecule has 0 aliphatic rings. The highest BCUT2D eigenvalue weighted by Gasteiger charge is 1.93. The van der Waals surface area contributed by atoms with Gasteiger partial charge in [0.1, 0.15) is 13.1 Å². The zero-order chi connectivity index (χ0) is 9.23. The third-order valence-electron chi connectivity index (χ3n) is 1.04. The van der Waals surface area contributed by atoms with Gasteiger partial charge in [0.15, 0.2) is 0 Å². The summed E-state index contributed by atoms with van der Waals surface area (Å²) in [7, 11) is 0. The van der Waals surface area contributed by atoms with Crippen LogP contribution in [0.4, 0.5) is 0 Å². The van der Waals surface area contributed by atoms with Crippen molar-refractivity contribution in [2.24, 2.45) is 5.73 Å². The predicted octanol–water partition coefficient (Wildman–Crippen LogP) is -0.559. The van der Waals surface area contributed by atoms with Crippen molar-refractivity contribution in [3.8, 4) is 0 Å². The Labute approximate surface area is 70.8 Å². The molecule has 0 spiro atoms. The fourth-order valence-electron chi connectivity index (χ4n) is 0.481. The van der Waals surface area contributed by atoms with Crippen LogP contribution in [0.15, 0.2) is 0 Å². The number of hydrogen-bond donors (Lipinski definition) is 1. The maximum absolute atomic E-state index is 10.2. The standard InChI is InChI=1S/C7H13NO4/c8-7(10)2-5-12-6-11-4-1-3-9/h3H,1-2,4-6H2,(H2,8,10). The van der Waals surface area contributed by atoms with E-state index in [1.54, 1.807) is 0 Å². The van der Waals surface area contributed by atoms with Crippen LogP contribution in [0, 0.1) is 0 Å². The first-order valence-corrected chi connectivity index (χ1v) is 3.65. The Kier molecular flexibility index (Phi) is 7.52. The molecule has 70 valence electrons. The largest absolute Gasteiger partial charge is 0.370 e. The van der Waals surface area contributed by atoms with Gasteiger partial charge < -0.3 is 20.0 Å². The first kappa shape index (κ1) is 11.1. The molecule has 0 rings (SSSR count). The fourth-order valence-corrected chi connectivity index (χ4v) is 0.481. The van der Waals surface area contributed by atoms with Crippen LogP contribution in [-0.4, -0.2) is 32.2 Å². The van der Waals surface area contributed by atoms with Gasteiger partial charge in [0, 0.05) is 12.8 Å². The summed E-state index contributed by atoms with van der Waals surface area (Å²) in [5, 5.41) is 0. The molecule has 0 aliphatic heterocycles. The molecule has 0 fully saturated rings. The van der Waals surface area contributed by atoms with Crippen molar-refractivity contribution in [3.63, 3.8) is 0 Å². The van der Waals surface area contributed by atoms with E-state index >= 15 is 0 Å². The smallest absolute Gasteiger partial charge is 0.219 e. The lowest BCUT2D eigenvalue weighted by Crippen LogP contribution is -2.14. The molecular formula is C7H13NO4. The van der Waals surface area contributed by atoms with E-state index in [0.29, 0.717) is 13.0 Å². The topological polar surface area (TPSA) is 78.6 Å². The van der Waals surface area contributed by atoms with Crippen molar-refractivity contribution < 1.29 is 19.1 Å². The summed E-state index contributed by atoms with van der Waals surface area (Å²) < 4.78 is 9.70. The van der Waals surface area contributed by atoms with E-state index < -0.39 is 5.91 Å². The molecule has 1 amide bonds. The summed E-state index contributed by atoms with van der Waals surface area (Å²) in [4.78, 5) is 20.0. The quantitative estimate of drug-likeness (QED) is 0.305. The summed E-state index contributed by atoms with van der Waals surface area (Å²) in [5.74, 6) is -0.400. The number of hydrogen-bond acceptors (Lipinski definition) is 4. The van der Waals surface area contributed by atoms with Gasteiger partial charge in [0.2, 0.25) is 5.91 Å². The zero-order valence-corrected chi connectivity index (χ0v) is 6.82. The van der Waals surface area contributed by atoms with Crippen molar-refractivity contribution in [1.82, 2.24) is 0 Å². The summed E-state index contributed by atoms with van der Waals surface area (Å²) in [6, 6.07) is 0. The molecule has 0 atom stereocenters. The highest BCUT2D eigenvalue weighted by Crippen LogP contribution is 1.83. The van der Waals surface area contributed by atoms with E-state index in [0.717, 1.165) is 6.29 Å². The molecule has 0 bridgehead atoms. The monoisotopic (exact) mass is 175 g/mol. The molecule has 0 saturated heterocycles. The van der Waals surface area contributed by atoms with E-state index in [9.17, 15) is 9.59 Å². The van der Waals surface area contributed by atoms with Crippen LogP contribution in [0.3, 0.4) is 0 Å². The van der Waals surface area contributed by atoms with Gasteiger partial charge in [-0.15, -0.1) is 0 Å². The SMILES string of the molecule is NC(=O)CCOCOCCC=O. The van der Waals surface area contributed by atoms with E-state index in [1.165, 1.54) is 0 Å². The second kappa shape index (κ2) is 8.16. The van der Waals surface area contributed by atoms with Gasteiger partial charge in [0.05, 0.1) is 13.2 Å². The maximum atomic E-state index is 10.2. The molecule has 12 heavy (non-hydrogen) atoms. The molecule has 2 N–H and O–H groups in total. The van der Waals surface area contributed by atoms with Crippen LogP contribution >= 0.6 is 0 Å². The van der Waals surface area contributed by atoms with E-state index in [-0.39, 0.29) is 19.8 Å². The van der Waals surface area contributed by atoms with Crippen molar-refractivity contribution in [3.05, 3.63) is 0 Å². The number of aldehydes is 1. The zero-order valence-electron chi connectivity index (χ0n) is 6.82. The third kappa shape index (κ3) is 9.06. The first-order valence-electron chi connectivity index (χ1n) is 3.65. The number of carbonyl (C=O) groups excluding carboxylic acids is 2. The average molecular weight is 175 g/mol. The van der Waals surface area contributed by atoms with E-state index in [4.69, 9.17) is 15.2 Å². The number of carbonyl (C=O) groups is 2. The molecule has 0 aromatic heterocycles. The molecule has 0 saturated carbocycles. The van der Waals surface area contributed by atoms with E-state index in [1.807, 2.05) is 0 Å². The van der Waals surface area contributed by atoms with Crippen LogP contribution in [0.2, 0.25) is 0 Å². The average Bonchev–Trinajstić information content (AvgIpc) is 2.02. The Morgan fingerprint density at radius 2 is 2.00 bits per heavy atom. The number of ether oxygens (including phenoxy) is 2. The van der Waals surface area contributed by atoms with Gasteiger partial charge in [-0.2, -0.15) is 0 Å². The summed E-state index contributed by atoms with van der Waals surface area (Å²) in [6.07, 6.45) is 1.32. The number of primary amides is 1. The fraction of sp³-hybridized carbons (Fsp3) is 0.714. The van der Waals surface area contributed by atoms with Crippen LogP contribution in [-0.2, 0) is 19.1 Å². The van der Waals surface area contributed by atoms with Gasteiger partial charge in [-0.05, 0) is 0 Å². The van der Waals surface area contributed by atoms with Crippen molar-refractivity contribution in [2.45, 2.75) is 12.8 Å². The molecule has 5 heteroatoms. The lowest BCUT2D eigenvalue weighted by atomic mass is 10.4. The Balaban J connectivity index is 2.90. The number of rotatable bonds is 8. The predicted molar refractivity (Wildman–Crippen MR) is 41.3 cm³/mol. The van der Waals surface area contributed by atoms with Crippen LogP contribution < -0.4 is 5.73 Å². The third-order valence-corrected chi connectivity index (χ3v) is 1.04. The van der Waals surface area contributed by atoms with Gasteiger partial charge in [-0.3, -0.25) is 4.79 Å².